The van der Waals surface area contributed by atoms with Crippen LogP contribution in [0.1, 0.15) is 39.0 Å². The lowest BCUT2D eigenvalue weighted by Crippen LogP contribution is -2.49. The van der Waals surface area contributed by atoms with E-state index in [0.29, 0.717) is 0 Å². The molecular formula is C23H39N7O. The number of hydrogen-bond donors (Lipinski definition) is 1. The van der Waals surface area contributed by atoms with Crippen molar-refractivity contribution in [3.05, 3.63) is 12.1 Å². The van der Waals surface area contributed by atoms with Gasteiger partial charge in [-0.25, -0.2) is 0 Å². The number of rotatable bonds is 7. The molecule has 0 spiro atoms. The van der Waals surface area contributed by atoms with Gasteiger partial charge in [-0.15, -0.1) is 10.2 Å². The summed E-state index contributed by atoms with van der Waals surface area (Å²) in [6.45, 7) is 13.5. The summed E-state index contributed by atoms with van der Waals surface area (Å²) in [5, 5.41) is 12.1. The highest BCUT2D eigenvalue weighted by atomic mass is 16.1. The number of piperazine rings is 1. The quantitative estimate of drug-likeness (QED) is 0.703. The number of amides is 1. The molecule has 1 aromatic heterocycles. The van der Waals surface area contributed by atoms with Crippen LogP contribution >= 0.6 is 0 Å². The van der Waals surface area contributed by atoms with Crippen molar-refractivity contribution in [2.75, 3.05) is 81.8 Å². The number of piperidine rings is 2. The predicted octanol–water partition coefficient (Wildman–Crippen LogP) is 1.44. The first kappa shape index (κ1) is 22.3. The lowest BCUT2D eigenvalue weighted by atomic mass is 9.96. The molecule has 3 aliphatic rings. The van der Waals surface area contributed by atoms with Gasteiger partial charge in [0.05, 0.1) is 0 Å². The molecule has 1 aromatic rings. The average molecular weight is 430 g/mol. The number of likely N-dealkylation sites (N-methyl/N-ethyl adjacent to an activating group) is 1. The van der Waals surface area contributed by atoms with Gasteiger partial charge in [-0.1, -0.05) is 6.92 Å². The maximum atomic E-state index is 12.6. The van der Waals surface area contributed by atoms with Crippen LogP contribution in [0.25, 0.3) is 0 Å². The molecule has 0 bridgehead atoms. The molecule has 4 rings (SSSR count). The Morgan fingerprint density at radius 3 is 2.03 bits per heavy atom. The van der Waals surface area contributed by atoms with Gasteiger partial charge in [0.1, 0.15) is 0 Å². The van der Waals surface area contributed by atoms with E-state index in [2.05, 4.69) is 54.2 Å². The standard InChI is InChI=1S/C23H39N7O/c1-2-27-16-18-28(19-17-27)15-10-24-23(31)20-8-13-30(14-9-20)22-7-6-21(25-26-22)29-11-4-3-5-12-29/h6-7,20H,2-5,8-19H2,1H3,(H,24,31). The third-order valence-corrected chi connectivity index (χ3v) is 7.15. The Balaban J connectivity index is 1.16. The zero-order valence-corrected chi connectivity index (χ0v) is 19.1. The molecule has 0 aromatic carbocycles. The summed E-state index contributed by atoms with van der Waals surface area (Å²) in [6.07, 6.45) is 5.58. The second-order valence-corrected chi connectivity index (χ2v) is 9.13. The van der Waals surface area contributed by atoms with Gasteiger partial charge in [0, 0.05) is 71.4 Å². The Morgan fingerprint density at radius 1 is 0.871 bits per heavy atom. The first-order valence-electron chi connectivity index (χ1n) is 12.3. The zero-order valence-electron chi connectivity index (χ0n) is 19.1. The van der Waals surface area contributed by atoms with Crippen LogP contribution in [0.15, 0.2) is 12.1 Å². The molecule has 3 fully saturated rings. The molecule has 0 aliphatic carbocycles. The lowest BCUT2D eigenvalue weighted by Gasteiger charge is -2.34. The Hall–Kier alpha value is -1.93. The minimum atomic E-state index is 0.119. The van der Waals surface area contributed by atoms with Crippen LogP contribution in [0.3, 0.4) is 0 Å². The fourth-order valence-electron chi connectivity index (χ4n) is 4.96. The minimum Gasteiger partial charge on any atom is -0.355 e. The third kappa shape index (κ3) is 6.07. The van der Waals surface area contributed by atoms with Crippen LogP contribution < -0.4 is 15.1 Å². The molecule has 1 N–H and O–H groups in total. The number of nitrogens with one attached hydrogen (secondary N) is 1. The molecule has 8 heteroatoms. The van der Waals surface area contributed by atoms with E-state index in [1.54, 1.807) is 0 Å². The summed E-state index contributed by atoms with van der Waals surface area (Å²) in [4.78, 5) is 22.2. The van der Waals surface area contributed by atoms with E-state index in [1.165, 1.54) is 19.3 Å². The normalized spacial score (nSPS) is 22.0. The SMILES string of the molecule is CCN1CCN(CCNC(=O)C2CCN(c3ccc(N4CCCCC4)nn3)CC2)CC1. The molecule has 0 radical (unpaired) electrons. The van der Waals surface area contributed by atoms with E-state index in [0.717, 1.165) is 96.5 Å². The van der Waals surface area contributed by atoms with Crippen molar-refractivity contribution < 1.29 is 4.79 Å². The molecule has 0 unspecified atom stereocenters. The van der Waals surface area contributed by atoms with Crippen molar-refractivity contribution >= 4 is 17.5 Å². The minimum absolute atomic E-state index is 0.119. The van der Waals surface area contributed by atoms with Gasteiger partial charge in [-0.2, -0.15) is 0 Å². The highest BCUT2D eigenvalue weighted by molar-refractivity contribution is 5.79. The lowest BCUT2D eigenvalue weighted by molar-refractivity contribution is -0.125. The van der Waals surface area contributed by atoms with Crippen LogP contribution in [0.2, 0.25) is 0 Å². The van der Waals surface area contributed by atoms with E-state index in [-0.39, 0.29) is 11.8 Å². The molecule has 8 nitrogen and oxygen atoms in total. The van der Waals surface area contributed by atoms with Crippen LogP contribution in [-0.2, 0) is 4.79 Å². The summed E-state index contributed by atoms with van der Waals surface area (Å²) in [6, 6.07) is 4.20. The molecular weight excluding hydrogens is 390 g/mol. The largest absolute Gasteiger partial charge is 0.355 e. The molecule has 4 heterocycles. The molecule has 3 aliphatic heterocycles. The van der Waals surface area contributed by atoms with Gasteiger partial charge < -0.3 is 20.0 Å². The molecule has 31 heavy (non-hydrogen) atoms. The topological polar surface area (TPSA) is 67.8 Å². The van der Waals surface area contributed by atoms with E-state index >= 15 is 0 Å². The second-order valence-electron chi connectivity index (χ2n) is 9.13. The summed E-state index contributed by atoms with van der Waals surface area (Å²) >= 11 is 0. The van der Waals surface area contributed by atoms with E-state index in [1.807, 2.05) is 0 Å². The van der Waals surface area contributed by atoms with Crippen LogP contribution in [0.5, 0.6) is 0 Å². The van der Waals surface area contributed by atoms with Crippen LogP contribution in [0, 0.1) is 5.92 Å². The highest BCUT2D eigenvalue weighted by Crippen LogP contribution is 2.23. The number of hydrogen-bond acceptors (Lipinski definition) is 7. The van der Waals surface area contributed by atoms with Gasteiger partial charge in [0.25, 0.3) is 0 Å². The van der Waals surface area contributed by atoms with Gasteiger partial charge in [-0.3, -0.25) is 9.69 Å². The third-order valence-electron chi connectivity index (χ3n) is 7.15. The number of aromatic nitrogens is 2. The van der Waals surface area contributed by atoms with E-state index < -0.39 is 0 Å². The Kier molecular flexibility index (Phi) is 7.97. The first-order chi connectivity index (χ1) is 15.2. The van der Waals surface area contributed by atoms with Gasteiger partial charge in [-0.05, 0) is 50.8 Å². The smallest absolute Gasteiger partial charge is 0.223 e. The van der Waals surface area contributed by atoms with Crippen LogP contribution in [-0.4, -0.2) is 97.9 Å². The van der Waals surface area contributed by atoms with Crippen molar-refractivity contribution in [3.8, 4) is 0 Å². The maximum Gasteiger partial charge on any atom is 0.223 e. The van der Waals surface area contributed by atoms with E-state index in [4.69, 9.17) is 0 Å². The monoisotopic (exact) mass is 429 g/mol. The van der Waals surface area contributed by atoms with Gasteiger partial charge in [0.2, 0.25) is 5.91 Å². The summed E-state index contributed by atoms with van der Waals surface area (Å²) in [7, 11) is 0. The second kappa shape index (κ2) is 11.1. The first-order valence-corrected chi connectivity index (χ1v) is 12.3. The Labute approximate surface area is 187 Å². The Bertz CT molecular complexity index is 676. The molecule has 0 saturated carbocycles. The van der Waals surface area contributed by atoms with Crippen molar-refractivity contribution in [1.82, 2.24) is 25.3 Å². The molecule has 1 amide bonds. The molecule has 172 valence electrons. The fourth-order valence-corrected chi connectivity index (χ4v) is 4.96. The molecule has 3 saturated heterocycles. The summed E-state index contributed by atoms with van der Waals surface area (Å²) in [5.41, 5.74) is 0. The summed E-state index contributed by atoms with van der Waals surface area (Å²) < 4.78 is 0. The van der Waals surface area contributed by atoms with Gasteiger partial charge in [0.15, 0.2) is 11.6 Å². The molecule has 0 atom stereocenters. The van der Waals surface area contributed by atoms with Crippen molar-refractivity contribution in [3.63, 3.8) is 0 Å². The summed E-state index contributed by atoms with van der Waals surface area (Å²) in [5.74, 6) is 2.27. The Morgan fingerprint density at radius 2 is 1.45 bits per heavy atom. The van der Waals surface area contributed by atoms with Crippen LogP contribution in [0.4, 0.5) is 11.6 Å². The van der Waals surface area contributed by atoms with E-state index in [9.17, 15) is 4.79 Å². The predicted molar refractivity (Wildman–Crippen MR) is 125 cm³/mol. The number of carbonyl (C=O) groups is 1. The average Bonchev–Trinajstić information content (AvgIpc) is 2.85. The number of carbonyl (C=O) groups excluding carboxylic acids is 1. The maximum absolute atomic E-state index is 12.6. The number of nitrogens with zero attached hydrogens (tertiary/aromatic N) is 6. The van der Waals surface area contributed by atoms with Crippen molar-refractivity contribution in [2.24, 2.45) is 5.92 Å². The van der Waals surface area contributed by atoms with Crippen molar-refractivity contribution in [1.29, 1.82) is 0 Å². The zero-order chi connectivity index (χ0) is 21.5. The highest BCUT2D eigenvalue weighted by Gasteiger charge is 2.26. The fraction of sp³-hybridized carbons (Fsp3) is 0.783. The van der Waals surface area contributed by atoms with Gasteiger partial charge >= 0.3 is 0 Å². The number of anilines is 2. The van der Waals surface area contributed by atoms with Crippen molar-refractivity contribution in [2.45, 2.75) is 39.0 Å².